The Bertz CT molecular complexity index is 361. The largest absolute Gasteiger partial charge is 0.370 e. The molecule has 2 rings (SSSR count). The minimum atomic E-state index is 0.673. The van der Waals surface area contributed by atoms with Crippen LogP contribution in [0.15, 0.2) is 18.2 Å². The zero-order chi connectivity index (χ0) is 11.5. The molecule has 0 aliphatic heterocycles. The molecule has 0 spiro atoms. The van der Waals surface area contributed by atoms with Crippen LogP contribution in [0.2, 0.25) is 5.02 Å². The lowest BCUT2D eigenvalue weighted by atomic mass is 10.1. The highest BCUT2D eigenvalue weighted by atomic mass is 79.9. The van der Waals surface area contributed by atoms with E-state index in [2.05, 4.69) is 46.1 Å². The predicted molar refractivity (Wildman–Crippen MR) is 74.7 cm³/mol. The SMILES string of the molecule is CN(c1ccc(CBr)cc1Cl)C1CCCC1. The number of anilines is 1. The number of halogens is 2. The van der Waals surface area contributed by atoms with Gasteiger partial charge in [-0.1, -0.05) is 46.4 Å². The summed E-state index contributed by atoms with van der Waals surface area (Å²) in [6.45, 7) is 0. The first-order valence-electron chi connectivity index (χ1n) is 5.79. The fraction of sp³-hybridized carbons (Fsp3) is 0.538. The van der Waals surface area contributed by atoms with Gasteiger partial charge in [0.2, 0.25) is 0 Å². The number of alkyl halides is 1. The molecular weight excluding hydrogens is 286 g/mol. The van der Waals surface area contributed by atoms with Crippen molar-refractivity contribution in [1.29, 1.82) is 0 Å². The van der Waals surface area contributed by atoms with Gasteiger partial charge in [-0.2, -0.15) is 0 Å². The van der Waals surface area contributed by atoms with Gasteiger partial charge in [0.15, 0.2) is 0 Å². The van der Waals surface area contributed by atoms with Gasteiger partial charge in [-0.3, -0.25) is 0 Å². The van der Waals surface area contributed by atoms with Gasteiger partial charge in [0.05, 0.1) is 10.7 Å². The maximum atomic E-state index is 6.32. The predicted octanol–water partition coefficient (Wildman–Crippen LogP) is 4.61. The van der Waals surface area contributed by atoms with Gasteiger partial charge in [-0.15, -0.1) is 0 Å². The molecule has 0 radical (unpaired) electrons. The third-order valence-corrected chi connectivity index (χ3v) is 4.37. The van der Waals surface area contributed by atoms with Crippen LogP contribution in [0, 0.1) is 0 Å². The molecule has 1 aromatic carbocycles. The number of benzene rings is 1. The van der Waals surface area contributed by atoms with Gasteiger partial charge in [-0.05, 0) is 30.5 Å². The summed E-state index contributed by atoms with van der Waals surface area (Å²) >= 11 is 9.77. The van der Waals surface area contributed by atoms with E-state index in [0.717, 1.165) is 10.4 Å². The zero-order valence-electron chi connectivity index (χ0n) is 9.55. The Morgan fingerprint density at radius 2 is 2.06 bits per heavy atom. The fourth-order valence-electron chi connectivity index (χ4n) is 2.41. The first-order chi connectivity index (χ1) is 7.72. The minimum Gasteiger partial charge on any atom is -0.370 e. The van der Waals surface area contributed by atoms with Crippen molar-refractivity contribution < 1.29 is 0 Å². The first-order valence-corrected chi connectivity index (χ1v) is 7.29. The van der Waals surface area contributed by atoms with Gasteiger partial charge in [-0.25, -0.2) is 0 Å². The van der Waals surface area contributed by atoms with Crippen LogP contribution in [0.4, 0.5) is 5.69 Å². The van der Waals surface area contributed by atoms with Gasteiger partial charge < -0.3 is 4.90 Å². The molecule has 0 unspecified atom stereocenters. The van der Waals surface area contributed by atoms with Crippen LogP contribution in [-0.2, 0) is 5.33 Å². The molecule has 0 heterocycles. The van der Waals surface area contributed by atoms with E-state index in [1.165, 1.54) is 36.9 Å². The third-order valence-electron chi connectivity index (χ3n) is 3.42. The molecule has 88 valence electrons. The smallest absolute Gasteiger partial charge is 0.0642 e. The molecule has 1 nitrogen and oxygen atoms in total. The maximum absolute atomic E-state index is 6.32. The summed E-state index contributed by atoms with van der Waals surface area (Å²) in [6, 6.07) is 7.00. The molecule has 3 heteroatoms. The van der Waals surface area contributed by atoms with E-state index in [9.17, 15) is 0 Å². The van der Waals surface area contributed by atoms with E-state index in [4.69, 9.17) is 11.6 Å². The lowest BCUT2D eigenvalue weighted by Gasteiger charge is -2.27. The lowest BCUT2D eigenvalue weighted by Crippen LogP contribution is -2.28. The van der Waals surface area contributed by atoms with Gasteiger partial charge in [0.25, 0.3) is 0 Å². The third kappa shape index (κ3) is 2.54. The molecule has 0 atom stereocenters. The van der Waals surface area contributed by atoms with Crippen LogP contribution in [-0.4, -0.2) is 13.1 Å². The van der Waals surface area contributed by atoms with Gasteiger partial charge in [0.1, 0.15) is 0 Å². The van der Waals surface area contributed by atoms with E-state index >= 15 is 0 Å². The molecule has 1 saturated carbocycles. The summed E-state index contributed by atoms with van der Waals surface area (Å²) in [6.07, 6.45) is 5.30. The van der Waals surface area contributed by atoms with Crippen molar-refractivity contribution in [2.24, 2.45) is 0 Å². The quantitative estimate of drug-likeness (QED) is 0.737. The summed E-state index contributed by atoms with van der Waals surface area (Å²) < 4.78 is 0. The summed E-state index contributed by atoms with van der Waals surface area (Å²) in [5.74, 6) is 0. The number of rotatable bonds is 3. The van der Waals surface area contributed by atoms with Crippen LogP contribution in [0.5, 0.6) is 0 Å². The Balaban J connectivity index is 2.19. The van der Waals surface area contributed by atoms with Crippen LogP contribution in [0.3, 0.4) is 0 Å². The van der Waals surface area contributed by atoms with Gasteiger partial charge >= 0.3 is 0 Å². The second-order valence-corrected chi connectivity index (χ2v) is 5.44. The molecule has 16 heavy (non-hydrogen) atoms. The van der Waals surface area contributed by atoms with E-state index in [-0.39, 0.29) is 0 Å². The summed E-state index contributed by atoms with van der Waals surface area (Å²) in [7, 11) is 2.16. The molecule has 0 bridgehead atoms. The van der Waals surface area contributed by atoms with Crippen LogP contribution < -0.4 is 4.90 Å². The molecule has 1 aromatic rings. The van der Waals surface area contributed by atoms with Gasteiger partial charge in [0, 0.05) is 18.4 Å². The summed E-state index contributed by atoms with van der Waals surface area (Å²) in [4.78, 5) is 2.34. The molecule has 1 fully saturated rings. The second kappa shape index (κ2) is 5.42. The topological polar surface area (TPSA) is 3.24 Å². The summed E-state index contributed by atoms with van der Waals surface area (Å²) in [5, 5.41) is 1.73. The average Bonchev–Trinajstić information content (AvgIpc) is 2.81. The van der Waals surface area contributed by atoms with Crippen LogP contribution in [0.25, 0.3) is 0 Å². The highest BCUT2D eigenvalue weighted by molar-refractivity contribution is 9.08. The lowest BCUT2D eigenvalue weighted by molar-refractivity contribution is 0.653. The second-order valence-electron chi connectivity index (χ2n) is 4.47. The number of hydrogen-bond acceptors (Lipinski definition) is 1. The monoisotopic (exact) mass is 301 g/mol. The summed E-state index contributed by atoms with van der Waals surface area (Å²) in [5.41, 5.74) is 2.40. The van der Waals surface area contributed by atoms with Crippen molar-refractivity contribution in [3.8, 4) is 0 Å². The number of hydrogen-bond donors (Lipinski definition) is 0. The maximum Gasteiger partial charge on any atom is 0.0642 e. The molecule has 0 N–H and O–H groups in total. The van der Waals surface area contributed by atoms with Crippen molar-refractivity contribution in [2.45, 2.75) is 37.1 Å². The molecule has 0 amide bonds. The van der Waals surface area contributed by atoms with E-state index < -0.39 is 0 Å². The standard InChI is InChI=1S/C13H17BrClN/c1-16(11-4-2-3-5-11)13-7-6-10(9-14)8-12(13)15/h6-8,11H,2-5,9H2,1H3. The van der Waals surface area contributed by atoms with E-state index in [1.807, 2.05) is 0 Å². The Morgan fingerprint density at radius 1 is 1.38 bits per heavy atom. The van der Waals surface area contributed by atoms with Crippen molar-refractivity contribution in [3.05, 3.63) is 28.8 Å². The normalized spacial score (nSPS) is 16.7. The zero-order valence-corrected chi connectivity index (χ0v) is 11.9. The van der Waals surface area contributed by atoms with Crippen molar-refractivity contribution >= 4 is 33.2 Å². The Hall–Kier alpha value is -0.210. The van der Waals surface area contributed by atoms with Crippen LogP contribution in [0.1, 0.15) is 31.2 Å². The Kier molecular flexibility index (Phi) is 4.15. The molecule has 1 aliphatic carbocycles. The highest BCUT2D eigenvalue weighted by Crippen LogP contribution is 2.32. The van der Waals surface area contributed by atoms with Crippen molar-refractivity contribution in [1.82, 2.24) is 0 Å². The van der Waals surface area contributed by atoms with E-state index in [0.29, 0.717) is 6.04 Å². The highest BCUT2D eigenvalue weighted by Gasteiger charge is 2.21. The first kappa shape index (κ1) is 12.3. The van der Waals surface area contributed by atoms with E-state index in [1.54, 1.807) is 0 Å². The minimum absolute atomic E-state index is 0.673. The molecule has 0 saturated heterocycles. The number of nitrogens with zero attached hydrogens (tertiary/aromatic N) is 1. The van der Waals surface area contributed by atoms with Crippen LogP contribution >= 0.6 is 27.5 Å². The Morgan fingerprint density at radius 3 is 2.62 bits per heavy atom. The average molecular weight is 303 g/mol. The fourth-order valence-corrected chi connectivity index (χ4v) is 3.09. The van der Waals surface area contributed by atoms with Crippen molar-refractivity contribution in [3.63, 3.8) is 0 Å². The molecule has 1 aliphatic rings. The Labute approximate surface area is 111 Å². The van der Waals surface area contributed by atoms with Crippen molar-refractivity contribution in [2.75, 3.05) is 11.9 Å². The molecular formula is C13H17BrClN. The molecule has 0 aromatic heterocycles.